The maximum absolute atomic E-state index is 13.0. The first kappa shape index (κ1) is 19.7. The lowest BCUT2D eigenvalue weighted by Crippen LogP contribution is -2.62. The molecule has 2 aliphatic rings. The lowest BCUT2D eigenvalue weighted by molar-refractivity contribution is 0.0485. The number of likely N-dealkylation sites (N-methyl/N-ethyl adjacent to an activating group) is 1. The van der Waals surface area contributed by atoms with Gasteiger partial charge in [-0.1, -0.05) is 37.8 Å². The number of amides is 1. The Morgan fingerprint density at radius 1 is 1.21 bits per heavy atom. The fourth-order valence-electron chi connectivity index (χ4n) is 4.06. The molecule has 0 aliphatic carbocycles. The van der Waals surface area contributed by atoms with Gasteiger partial charge in [0.25, 0.3) is 0 Å². The number of benzene rings is 1. The monoisotopic (exact) mass is 394 g/mol. The number of hydrogen-bond donors (Lipinski definition) is 1. The number of imidazole rings is 1. The molecule has 1 amide bonds. The van der Waals surface area contributed by atoms with Crippen LogP contribution in [-0.2, 0) is 0 Å². The number of carbonyl (C=O) groups excluding carboxylic acids is 1. The van der Waals surface area contributed by atoms with Crippen LogP contribution in [-0.4, -0.2) is 84.3 Å². The molecule has 0 atom stereocenters. The Bertz CT molecular complexity index is 926. The predicted molar refractivity (Wildman–Crippen MR) is 116 cm³/mol. The number of anilines is 1. The zero-order chi connectivity index (χ0) is 20.4. The van der Waals surface area contributed by atoms with Crippen molar-refractivity contribution >= 4 is 23.0 Å². The maximum atomic E-state index is 13.0. The fourth-order valence-corrected chi connectivity index (χ4v) is 4.06. The minimum Gasteiger partial charge on any atom is -0.339 e. The summed E-state index contributed by atoms with van der Waals surface area (Å²) < 4.78 is 1.71. The number of rotatable bonds is 3. The van der Waals surface area contributed by atoms with E-state index in [0.717, 1.165) is 56.3 Å². The summed E-state index contributed by atoms with van der Waals surface area (Å²) in [5, 5.41) is 2.93. The molecular formula is C22H30N6O. The second-order valence-electron chi connectivity index (χ2n) is 8.27. The molecule has 3 heterocycles. The highest BCUT2D eigenvalue weighted by Crippen LogP contribution is 2.24. The summed E-state index contributed by atoms with van der Waals surface area (Å²) in [6, 6.07) is 8.31. The van der Waals surface area contributed by atoms with Gasteiger partial charge in [-0.2, -0.15) is 0 Å². The molecular weight excluding hydrogens is 364 g/mol. The molecule has 0 unspecified atom stereocenters. The molecule has 0 bridgehead atoms. The lowest BCUT2D eigenvalue weighted by atomic mass is 10.1. The van der Waals surface area contributed by atoms with Crippen LogP contribution in [0.1, 0.15) is 13.8 Å². The van der Waals surface area contributed by atoms with Gasteiger partial charge in [-0.25, -0.2) is 14.3 Å². The van der Waals surface area contributed by atoms with Crippen molar-refractivity contribution in [3.05, 3.63) is 24.3 Å². The summed E-state index contributed by atoms with van der Waals surface area (Å²) in [7, 11) is 2.17. The molecule has 2 saturated heterocycles. The molecule has 2 aliphatic heterocycles. The van der Waals surface area contributed by atoms with Crippen LogP contribution in [0.15, 0.2) is 24.3 Å². The van der Waals surface area contributed by atoms with Crippen molar-refractivity contribution < 1.29 is 4.79 Å². The van der Waals surface area contributed by atoms with Crippen LogP contribution in [0.3, 0.4) is 0 Å². The van der Waals surface area contributed by atoms with Crippen LogP contribution in [0.25, 0.3) is 11.0 Å². The number of piperazine rings is 1. The van der Waals surface area contributed by atoms with Crippen molar-refractivity contribution in [3.8, 4) is 11.8 Å². The van der Waals surface area contributed by atoms with Crippen LogP contribution in [0.2, 0.25) is 0 Å². The summed E-state index contributed by atoms with van der Waals surface area (Å²) in [6.07, 6.45) is 0. The Morgan fingerprint density at radius 3 is 2.62 bits per heavy atom. The number of nitrogens with zero attached hydrogens (tertiary/aromatic N) is 5. The van der Waals surface area contributed by atoms with E-state index >= 15 is 0 Å². The Labute approximate surface area is 172 Å². The summed E-state index contributed by atoms with van der Waals surface area (Å²) in [5.74, 6) is 7.12. The lowest BCUT2D eigenvalue weighted by Gasteiger charge is -2.47. The van der Waals surface area contributed by atoms with E-state index in [4.69, 9.17) is 4.98 Å². The SMILES string of the molecule is CC(C)C#CCNC(=O)n1c(N2CCN(C3CN(C)C3)CC2)nc2ccccc21. The topological polar surface area (TPSA) is 56.6 Å². The van der Waals surface area contributed by atoms with Gasteiger partial charge in [0.1, 0.15) is 0 Å². The van der Waals surface area contributed by atoms with Gasteiger partial charge in [-0.15, -0.1) is 0 Å². The number of para-hydroxylation sites is 2. The first-order valence-corrected chi connectivity index (χ1v) is 10.4. The van der Waals surface area contributed by atoms with Crippen molar-refractivity contribution in [2.45, 2.75) is 19.9 Å². The molecule has 1 aromatic heterocycles. The minimum absolute atomic E-state index is 0.171. The zero-order valence-corrected chi connectivity index (χ0v) is 17.6. The van der Waals surface area contributed by atoms with Crippen molar-refractivity contribution in [1.82, 2.24) is 24.7 Å². The quantitative estimate of drug-likeness (QED) is 0.803. The van der Waals surface area contributed by atoms with E-state index < -0.39 is 0 Å². The number of fused-ring (bicyclic) bond motifs is 1. The Kier molecular flexibility index (Phi) is 5.74. The van der Waals surface area contributed by atoms with E-state index in [9.17, 15) is 4.79 Å². The highest BCUT2D eigenvalue weighted by Gasteiger charge is 2.32. The summed E-state index contributed by atoms with van der Waals surface area (Å²) in [6.45, 7) is 10.5. The van der Waals surface area contributed by atoms with Gasteiger partial charge < -0.3 is 15.1 Å². The van der Waals surface area contributed by atoms with E-state index in [0.29, 0.717) is 18.5 Å². The van der Waals surface area contributed by atoms with E-state index in [1.165, 1.54) is 0 Å². The second-order valence-corrected chi connectivity index (χ2v) is 8.27. The van der Waals surface area contributed by atoms with Crippen LogP contribution >= 0.6 is 0 Å². The normalized spacial score (nSPS) is 18.6. The Hall–Kier alpha value is -2.56. The summed E-state index contributed by atoms with van der Waals surface area (Å²) >= 11 is 0. The van der Waals surface area contributed by atoms with E-state index in [2.05, 4.69) is 38.9 Å². The summed E-state index contributed by atoms with van der Waals surface area (Å²) in [4.78, 5) is 24.9. The fraction of sp³-hybridized carbons (Fsp3) is 0.545. The average molecular weight is 395 g/mol. The van der Waals surface area contributed by atoms with Gasteiger partial charge in [0.15, 0.2) is 0 Å². The van der Waals surface area contributed by atoms with Crippen LogP contribution in [0.5, 0.6) is 0 Å². The molecule has 154 valence electrons. The van der Waals surface area contributed by atoms with E-state index in [-0.39, 0.29) is 6.03 Å². The predicted octanol–water partition coefficient (Wildman–Crippen LogP) is 1.69. The molecule has 0 radical (unpaired) electrons. The minimum atomic E-state index is -0.171. The molecule has 4 rings (SSSR count). The molecule has 0 saturated carbocycles. The van der Waals surface area contributed by atoms with Gasteiger partial charge in [0, 0.05) is 51.2 Å². The molecule has 1 aromatic carbocycles. The Morgan fingerprint density at radius 2 is 1.93 bits per heavy atom. The largest absolute Gasteiger partial charge is 0.339 e. The maximum Gasteiger partial charge on any atom is 0.329 e. The third kappa shape index (κ3) is 4.24. The van der Waals surface area contributed by atoms with Crippen LogP contribution < -0.4 is 10.2 Å². The van der Waals surface area contributed by atoms with Gasteiger partial charge >= 0.3 is 6.03 Å². The molecule has 7 heteroatoms. The second kappa shape index (κ2) is 8.44. The van der Waals surface area contributed by atoms with Crippen LogP contribution in [0, 0.1) is 17.8 Å². The van der Waals surface area contributed by atoms with Gasteiger partial charge in [0.05, 0.1) is 17.6 Å². The zero-order valence-electron chi connectivity index (χ0n) is 17.6. The first-order valence-electron chi connectivity index (χ1n) is 10.4. The molecule has 1 N–H and O–H groups in total. The highest BCUT2D eigenvalue weighted by atomic mass is 16.2. The molecule has 29 heavy (non-hydrogen) atoms. The molecule has 0 spiro atoms. The van der Waals surface area contributed by atoms with E-state index in [1.54, 1.807) is 4.57 Å². The number of aromatic nitrogens is 2. The number of nitrogens with one attached hydrogen (secondary N) is 1. The van der Waals surface area contributed by atoms with Gasteiger partial charge in [0.2, 0.25) is 5.95 Å². The molecule has 2 aromatic rings. The smallest absolute Gasteiger partial charge is 0.329 e. The highest BCUT2D eigenvalue weighted by molar-refractivity contribution is 5.93. The van der Waals surface area contributed by atoms with Crippen molar-refractivity contribution in [2.24, 2.45) is 5.92 Å². The number of carbonyl (C=O) groups is 1. The summed E-state index contributed by atoms with van der Waals surface area (Å²) in [5.41, 5.74) is 1.67. The van der Waals surface area contributed by atoms with Gasteiger partial charge in [-0.05, 0) is 19.2 Å². The van der Waals surface area contributed by atoms with Crippen molar-refractivity contribution in [1.29, 1.82) is 0 Å². The first-order chi connectivity index (χ1) is 14.0. The average Bonchev–Trinajstić information content (AvgIpc) is 3.08. The van der Waals surface area contributed by atoms with Crippen molar-refractivity contribution in [3.63, 3.8) is 0 Å². The standard InChI is InChI=1S/C22H30N6O/c1-17(2)7-6-10-23-22(29)28-20-9-5-4-8-19(20)24-21(28)27-13-11-26(12-14-27)18-15-25(3)16-18/h4-5,8-9,17-18H,10-16H2,1-3H3,(H,23,29). The number of hydrogen-bond acceptors (Lipinski definition) is 5. The molecule has 2 fully saturated rings. The third-order valence-electron chi connectivity index (χ3n) is 5.62. The van der Waals surface area contributed by atoms with E-state index in [1.807, 2.05) is 38.1 Å². The van der Waals surface area contributed by atoms with Crippen molar-refractivity contribution in [2.75, 3.05) is 57.8 Å². The third-order valence-corrected chi connectivity index (χ3v) is 5.62. The van der Waals surface area contributed by atoms with Crippen LogP contribution in [0.4, 0.5) is 10.7 Å². The number of likely N-dealkylation sites (tertiary alicyclic amines) is 1. The van der Waals surface area contributed by atoms with Gasteiger partial charge in [-0.3, -0.25) is 4.90 Å². The molecule has 7 nitrogen and oxygen atoms in total. The Balaban J connectivity index is 1.51.